The summed E-state index contributed by atoms with van der Waals surface area (Å²) in [5, 5.41) is 5.41. The maximum Gasteiger partial charge on any atom is 0.263 e. The summed E-state index contributed by atoms with van der Waals surface area (Å²) in [6.45, 7) is 3.69. The standard InChI is InChI=1S/C20H21N3O3S2/c1-2-26-14-7-8-15-17(11-14)28-20(21-15)22-18(24)13-5-3-9-23(12-13)19(25)16-6-4-10-27-16/h4,6-8,10-11,13H,2-3,5,9,12H2,1H3,(H,21,22,24)/t13-/m0/s1. The summed E-state index contributed by atoms with van der Waals surface area (Å²) < 4.78 is 6.49. The highest BCUT2D eigenvalue weighted by Crippen LogP contribution is 2.30. The van der Waals surface area contributed by atoms with Crippen LogP contribution in [0.15, 0.2) is 35.7 Å². The molecule has 6 nitrogen and oxygen atoms in total. The second-order valence-corrected chi connectivity index (χ2v) is 8.62. The van der Waals surface area contributed by atoms with E-state index in [9.17, 15) is 9.59 Å². The molecule has 0 spiro atoms. The van der Waals surface area contributed by atoms with Crippen LogP contribution in [0.1, 0.15) is 29.4 Å². The molecular formula is C20H21N3O3S2. The first-order valence-corrected chi connectivity index (χ1v) is 11.0. The van der Waals surface area contributed by atoms with Crippen LogP contribution in [0.2, 0.25) is 0 Å². The van der Waals surface area contributed by atoms with Gasteiger partial charge in [0, 0.05) is 13.1 Å². The van der Waals surface area contributed by atoms with Gasteiger partial charge in [-0.1, -0.05) is 17.4 Å². The van der Waals surface area contributed by atoms with Crippen molar-refractivity contribution in [3.8, 4) is 5.75 Å². The molecule has 3 heterocycles. The van der Waals surface area contributed by atoms with Crippen LogP contribution in [0.25, 0.3) is 10.2 Å². The molecule has 0 radical (unpaired) electrons. The molecule has 0 saturated carbocycles. The van der Waals surface area contributed by atoms with Gasteiger partial charge in [-0.15, -0.1) is 11.3 Å². The van der Waals surface area contributed by atoms with Crippen molar-refractivity contribution in [2.45, 2.75) is 19.8 Å². The lowest BCUT2D eigenvalue weighted by Crippen LogP contribution is -2.43. The van der Waals surface area contributed by atoms with Crippen LogP contribution in [0.5, 0.6) is 5.75 Å². The smallest absolute Gasteiger partial charge is 0.263 e. The highest BCUT2D eigenvalue weighted by atomic mass is 32.1. The summed E-state index contributed by atoms with van der Waals surface area (Å²) in [5.74, 6) is 0.513. The van der Waals surface area contributed by atoms with Crippen LogP contribution in [0, 0.1) is 5.92 Å². The quantitative estimate of drug-likeness (QED) is 0.676. The van der Waals surface area contributed by atoms with E-state index in [1.54, 1.807) is 4.90 Å². The van der Waals surface area contributed by atoms with Gasteiger partial charge in [-0.2, -0.15) is 0 Å². The molecule has 1 saturated heterocycles. The second kappa shape index (κ2) is 8.28. The van der Waals surface area contributed by atoms with Crippen LogP contribution in [0.4, 0.5) is 5.13 Å². The Balaban J connectivity index is 1.43. The van der Waals surface area contributed by atoms with Crippen molar-refractivity contribution in [1.29, 1.82) is 0 Å². The van der Waals surface area contributed by atoms with E-state index in [-0.39, 0.29) is 17.7 Å². The van der Waals surface area contributed by atoms with E-state index in [4.69, 9.17) is 4.74 Å². The fourth-order valence-electron chi connectivity index (χ4n) is 3.35. The van der Waals surface area contributed by atoms with Crippen molar-refractivity contribution >= 4 is 49.8 Å². The van der Waals surface area contributed by atoms with Gasteiger partial charge in [0.2, 0.25) is 5.91 Å². The zero-order valence-corrected chi connectivity index (χ0v) is 17.1. The van der Waals surface area contributed by atoms with Crippen LogP contribution in [-0.2, 0) is 4.79 Å². The van der Waals surface area contributed by atoms with Crippen molar-refractivity contribution in [3.63, 3.8) is 0 Å². The monoisotopic (exact) mass is 415 g/mol. The van der Waals surface area contributed by atoms with E-state index >= 15 is 0 Å². The molecule has 4 rings (SSSR count). The molecule has 1 atom stereocenters. The molecule has 1 aliphatic rings. The average molecular weight is 416 g/mol. The largest absolute Gasteiger partial charge is 0.494 e. The molecule has 2 aromatic heterocycles. The van der Waals surface area contributed by atoms with Gasteiger partial charge in [0.25, 0.3) is 5.91 Å². The number of thiophene rings is 1. The number of likely N-dealkylation sites (tertiary alicyclic amines) is 1. The summed E-state index contributed by atoms with van der Waals surface area (Å²) in [6, 6.07) is 9.42. The zero-order valence-electron chi connectivity index (χ0n) is 15.5. The Hall–Kier alpha value is -2.45. The van der Waals surface area contributed by atoms with E-state index < -0.39 is 0 Å². The minimum atomic E-state index is -0.219. The van der Waals surface area contributed by atoms with Gasteiger partial charge in [0.1, 0.15) is 5.75 Å². The average Bonchev–Trinajstić information content (AvgIpc) is 3.37. The number of hydrogen-bond acceptors (Lipinski definition) is 6. The van der Waals surface area contributed by atoms with E-state index in [1.807, 2.05) is 42.6 Å². The molecule has 8 heteroatoms. The molecule has 0 aliphatic carbocycles. The lowest BCUT2D eigenvalue weighted by Gasteiger charge is -2.31. The molecule has 146 valence electrons. The molecule has 1 aromatic carbocycles. The number of carbonyl (C=O) groups is 2. The first-order valence-electron chi connectivity index (χ1n) is 9.31. The Bertz CT molecular complexity index is 984. The number of ether oxygens (including phenoxy) is 1. The van der Waals surface area contributed by atoms with E-state index in [2.05, 4.69) is 10.3 Å². The molecule has 1 N–H and O–H groups in total. The van der Waals surface area contributed by atoms with E-state index in [1.165, 1.54) is 22.7 Å². The van der Waals surface area contributed by atoms with Crippen LogP contribution < -0.4 is 10.1 Å². The third kappa shape index (κ3) is 4.02. The van der Waals surface area contributed by atoms with Crippen molar-refractivity contribution in [3.05, 3.63) is 40.6 Å². The minimum Gasteiger partial charge on any atom is -0.494 e. The number of fused-ring (bicyclic) bond motifs is 1. The third-order valence-electron chi connectivity index (χ3n) is 4.71. The van der Waals surface area contributed by atoms with Crippen molar-refractivity contribution < 1.29 is 14.3 Å². The molecule has 2 amide bonds. The van der Waals surface area contributed by atoms with Gasteiger partial charge in [-0.3, -0.25) is 9.59 Å². The zero-order chi connectivity index (χ0) is 19.5. The number of thiazole rings is 1. The Kier molecular flexibility index (Phi) is 5.59. The number of piperidine rings is 1. The summed E-state index contributed by atoms with van der Waals surface area (Å²) in [5.41, 5.74) is 0.835. The normalized spacial score (nSPS) is 16.9. The Morgan fingerprint density at radius 3 is 3.04 bits per heavy atom. The SMILES string of the molecule is CCOc1ccc2nc(NC(=O)[C@H]3CCCN(C(=O)c4cccs4)C3)sc2c1. The molecule has 3 aromatic rings. The number of nitrogens with one attached hydrogen (secondary N) is 1. The number of carbonyl (C=O) groups excluding carboxylic acids is 2. The van der Waals surface area contributed by atoms with Gasteiger partial charge in [0.05, 0.1) is 27.6 Å². The predicted molar refractivity (Wildman–Crippen MR) is 112 cm³/mol. The van der Waals surface area contributed by atoms with Gasteiger partial charge in [-0.25, -0.2) is 4.98 Å². The third-order valence-corrected chi connectivity index (χ3v) is 6.50. The molecule has 0 unspecified atom stereocenters. The molecule has 1 fully saturated rings. The van der Waals surface area contributed by atoms with Gasteiger partial charge in [0.15, 0.2) is 5.13 Å². The summed E-state index contributed by atoms with van der Waals surface area (Å²) in [6.07, 6.45) is 1.60. The molecule has 28 heavy (non-hydrogen) atoms. The lowest BCUT2D eigenvalue weighted by molar-refractivity contribution is -0.121. The number of benzene rings is 1. The second-order valence-electron chi connectivity index (χ2n) is 6.64. The lowest BCUT2D eigenvalue weighted by atomic mass is 9.97. The maximum absolute atomic E-state index is 12.8. The van der Waals surface area contributed by atoms with Gasteiger partial charge < -0.3 is 15.0 Å². The Labute approximate surface area is 171 Å². The number of nitrogens with zero attached hydrogens (tertiary/aromatic N) is 2. The minimum absolute atomic E-state index is 0.0101. The van der Waals surface area contributed by atoms with Gasteiger partial charge in [-0.05, 0) is 49.4 Å². The highest BCUT2D eigenvalue weighted by Gasteiger charge is 2.29. The van der Waals surface area contributed by atoms with Crippen molar-refractivity contribution in [1.82, 2.24) is 9.88 Å². The predicted octanol–water partition coefficient (Wildman–Crippen LogP) is 4.25. The highest BCUT2D eigenvalue weighted by molar-refractivity contribution is 7.22. The van der Waals surface area contributed by atoms with Gasteiger partial charge >= 0.3 is 0 Å². The van der Waals surface area contributed by atoms with Crippen molar-refractivity contribution in [2.24, 2.45) is 5.92 Å². The van der Waals surface area contributed by atoms with Crippen LogP contribution in [-0.4, -0.2) is 41.4 Å². The number of anilines is 1. The summed E-state index contributed by atoms with van der Waals surface area (Å²) >= 11 is 2.87. The molecular weight excluding hydrogens is 394 g/mol. The number of rotatable bonds is 5. The first-order chi connectivity index (χ1) is 13.6. The summed E-state index contributed by atoms with van der Waals surface area (Å²) in [7, 11) is 0. The number of aromatic nitrogens is 1. The van der Waals surface area contributed by atoms with E-state index in [0.717, 1.165) is 33.7 Å². The molecule has 0 bridgehead atoms. The summed E-state index contributed by atoms with van der Waals surface area (Å²) in [4.78, 5) is 32.3. The molecule has 1 aliphatic heterocycles. The fraction of sp³-hybridized carbons (Fsp3) is 0.350. The number of hydrogen-bond donors (Lipinski definition) is 1. The Morgan fingerprint density at radius 1 is 1.36 bits per heavy atom. The van der Waals surface area contributed by atoms with Crippen LogP contribution in [0.3, 0.4) is 0 Å². The topological polar surface area (TPSA) is 71.5 Å². The van der Waals surface area contributed by atoms with E-state index in [0.29, 0.717) is 24.8 Å². The van der Waals surface area contributed by atoms with Crippen LogP contribution >= 0.6 is 22.7 Å². The number of amides is 2. The first kappa shape index (κ1) is 18.9. The fourth-order valence-corrected chi connectivity index (χ4v) is 4.94. The maximum atomic E-state index is 12.8. The Morgan fingerprint density at radius 2 is 2.25 bits per heavy atom. The van der Waals surface area contributed by atoms with Crippen molar-refractivity contribution in [2.75, 3.05) is 25.0 Å².